The summed E-state index contributed by atoms with van der Waals surface area (Å²) in [6.45, 7) is 3.29. The number of terminal acetylenes is 1. The van der Waals surface area contributed by atoms with Crippen molar-refractivity contribution in [2.24, 2.45) is 0 Å². The molecule has 3 aromatic rings. The number of ether oxygens (including phenoxy) is 1. The summed E-state index contributed by atoms with van der Waals surface area (Å²) < 4.78 is 46.7. The molecule has 0 aliphatic carbocycles. The van der Waals surface area contributed by atoms with Crippen LogP contribution in [0.1, 0.15) is 18.9 Å². The van der Waals surface area contributed by atoms with Gasteiger partial charge in [-0.25, -0.2) is 22.5 Å². The summed E-state index contributed by atoms with van der Waals surface area (Å²) in [5.74, 6) is 1.56. The molecule has 3 N–H and O–H groups in total. The summed E-state index contributed by atoms with van der Waals surface area (Å²) >= 11 is 0. The Kier molecular flexibility index (Phi) is 10.3. The van der Waals surface area contributed by atoms with Gasteiger partial charge in [0, 0.05) is 17.8 Å². The van der Waals surface area contributed by atoms with Gasteiger partial charge in [-0.1, -0.05) is 18.9 Å². The van der Waals surface area contributed by atoms with Crippen molar-refractivity contribution in [1.29, 1.82) is 0 Å². The average Bonchev–Trinajstić information content (AvgIpc) is 2.81. The SMILES string of the molecule is C#CCOc1ccc(Nc2nc(Nc3ccc(C)c(S(=O)(=O)NC(=O)CC)c3)ncc2F)cc1.[Ca+2]. The van der Waals surface area contributed by atoms with E-state index in [1.807, 2.05) is 4.72 Å². The molecule has 0 spiro atoms. The molecule has 176 valence electrons. The van der Waals surface area contributed by atoms with Crippen molar-refractivity contribution in [1.82, 2.24) is 14.7 Å². The normalized spacial score (nSPS) is 10.5. The molecule has 0 aliphatic heterocycles. The van der Waals surface area contributed by atoms with Gasteiger partial charge < -0.3 is 15.4 Å². The van der Waals surface area contributed by atoms with Crippen molar-refractivity contribution >= 4 is 76.8 Å². The van der Waals surface area contributed by atoms with E-state index in [-0.39, 0.29) is 67.4 Å². The standard InChI is InChI=1S/C23H22FN5O4S.Ca/c1-4-12-33-18-10-8-16(9-11-18)26-22-19(24)14-25-23(28-22)27-17-7-6-15(3)20(13-17)34(31,32)29-21(30)5-2;/h1,6-11,13-14H,5,12H2,2-3H3,(H,29,30)(H2,25,26,27,28);/q;+2. The van der Waals surface area contributed by atoms with E-state index < -0.39 is 21.7 Å². The van der Waals surface area contributed by atoms with E-state index in [9.17, 15) is 17.6 Å². The van der Waals surface area contributed by atoms with E-state index in [1.165, 1.54) is 6.07 Å². The van der Waals surface area contributed by atoms with Crippen LogP contribution in [0.4, 0.5) is 27.5 Å². The molecule has 0 saturated heterocycles. The van der Waals surface area contributed by atoms with Gasteiger partial charge in [0.05, 0.1) is 11.1 Å². The second kappa shape index (κ2) is 12.7. The number of hydrogen-bond acceptors (Lipinski definition) is 8. The third-order valence-corrected chi connectivity index (χ3v) is 6.00. The quantitative estimate of drug-likeness (QED) is 0.289. The molecule has 0 atom stereocenters. The number of halogens is 1. The second-order valence-electron chi connectivity index (χ2n) is 7.02. The number of nitrogens with one attached hydrogen (secondary N) is 3. The summed E-state index contributed by atoms with van der Waals surface area (Å²) in [4.78, 5) is 19.5. The van der Waals surface area contributed by atoms with Crippen LogP contribution < -0.4 is 20.1 Å². The van der Waals surface area contributed by atoms with Gasteiger partial charge >= 0.3 is 37.7 Å². The smallest absolute Gasteiger partial charge is 0.481 e. The van der Waals surface area contributed by atoms with Crippen LogP contribution in [-0.2, 0) is 14.8 Å². The maximum atomic E-state index is 14.3. The number of anilines is 4. The first-order valence-corrected chi connectivity index (χ1v) is 11.6. The molecule has 2 aromatic carbocycles. The Morgan fingerprint density at radius 3 is 2.49 bits per heavy atom. The Labute approximate surface area is 233 Å². The molecule has 0 saturated carbocycles. The summed E-state index contributed by atoms with van der Waals surface area (Å²) in [5, 5.41) is 5.70. The minimum Gasteiger partial charge on any atom is -0.481 e. The molecule has 35 heavy (non-hydrogen) atoms. The number of rotatable bonds is 9. The third-order valence-electron chi connectivity index (χ3n) is 4.49. The number of carbonyl (C=O) groups is 1. The van der Waals surface area contributed by atoms with Crippen LogP contribution >= 0.6 is 0 Å². The summed E-state index contributed by atoms with van der Waals surface area (Å²) in [7, 11) is -4.06. The van der Waals surface area contributed by atoms with Crippen LogP contribution in [-0.4, -0.2) is 68.6 Å². The van der Waals surface area contributed by atoms with Gasteiger partial charge in [-0.3, -0.25) is 4.79 Å². The van der Waals surface area contributed by atoms with E-state index in [1.54, 1.807) is 50.2 Å². The van der Waals surface area contributed by atoms with Gasteiger partial charge in [0.1, 0.15) is 12.4 Å². The fourth-order valence-electron chi connectivity index (χ4n) is 2.78. The third kappa shape index (κ3) is 7.80. The minimum atomic E-state index is -4.06. The molecule has 1 heterocycles. The predicted molar refractivity (Wildman–Crippen MR) is 132 cm³/mol. The Morgan fingerprint density at radius 2 is 1.83 bits per heavy atom. The monoisotopic (exact) mass is 523 g/mol. The van der Waals surface area contributed by atoms with Crippen LogP contribution in [0.25, 0.3) is 0 Å². The van der Waals surface area contributed by atoms with Gasteiger partial charge in [-0.2, -0.15) is 4.98 Å². The van der Waals surface area contributed by atoms with Crippen molar-refractivity contribution in [3.05, 3.63) is 60.0 Å². The van der Waals surface area contributed by atoms with E-state index in [0.29, 0.717) is 22.7 Å². The molecular formula is C23H22CaFN5O4S+2. The van der Waals surface area contributed by atoms with E-state index in [0.717, 1.165) is 6.20 Å². The largest absolute Gasteiger partial charge is 2.00 e. The first kappa shape index (κ1) is 28.3. The zero-order valence-electron chi connectivity index (χ0n) is 19.1. The number of amides is 1. The first-order valence-electron chi connectivity index (χ1n) is 10.1. The van der Waals surface area contributed by atoms with Gasteiger partial charge in [-0.05, 0) is 48.9 Å². The number of aromatic nitrogens is 2. The fourth-order valence-corrected chi connectivity index (χ4v) is 4.11. The number of nitrogens with zero attached hydrogens (tertiary/aromatic N) is 2. The molecule has 0 radical (unpaired) electrons. The number of hydrogen-bond donors (Lipinski definition) is 3. The molecule has 0 bridgehead atoms. The molecule has 1 amide bonds. The van der Waals surface area contributed by atoms with Crippen LogP contribution in [0.2, 0.25) is 0 Å². The number of carbonyl (C=O) groups excluding carboxylic acids is 1. The molecule has 3 rings (SSSR count). The first-order chi connectivity index (χ1) is 16.2. The molecular weight excluding hydrogens is 501 g/mol. The zero-order valence-corrected chi connectivity index (χ0v) is 22.2. The van der Waals surface area contributed by atoms with Crippen molar-refractivity contribution < 1.29 is 22.3 Å². The fraction of sp³-hybridized carbons (Fsp3) is 0.174. The topological polar surface area (TPSA) is 122 Å². The Hall–Kier alpha value is -2.91. The molecule has 0 unspecified atom stereocenters. The molecule has 9 nitrogen and oxygen atoms in total. The summed E-state index contributed by atoms with van der Waals surface area (Å²) in [5.41, 5.74) is 1.33. The maximum Gasteiger partial charge on any atom is 2.00 e. The van der Waals surface area contributed by atoms with Crippen LogP contribution in [0, 0.1) is 25.1 Å². The summed E-state index contributed by atoms with van der Waals surface area (Å²) in [6.07, 6.45) is 6.17. The van der Waals surface area contributed by atoms with Gasteiger partial charge in [-0.15, -0.1) is 6.42 Å². The molecule has 12 heteroatoms. The predicted octanol–water partition coefficient (Wildman–Crippen LogP) is 3.26. The van der Waals surface area contributed by atoms with E-state index >= 15 is 0 Å². The number of benzene rings is 2. The van der Waals surface area contributed by atoms with E-state index in [4.69, 9.17) is 11.2 Å². The van der Waals surface area contributed by atoms with Crippen LogP contribution in [0.3, 0.4) is 0 Å². The van der Waals surface area contributed by atoms with Crippen molar-refractivity contribution in [3.8, 4) is 18.1 Å². The zero-order chi connectivity index (χ0) is 24.7. The Morgan fingerprint density at radius 1 is 1.14 bits per heavy atom. The number of aryl methyl sites for hydroxylation is 1. The average molecular weight is 524 g/mol. The molecule has 0 aliphatic rings. The van der Waals surface area contributed by atoms with Crippen LogP contribution in [0.5, 0.6) is 5.75 Å². The van der Waals surface area contributed by atoms with Crippen molar-refractivity contribution in [3.63, 3.8) is 0 Å². The molecule has 0 fully saturated rings. The van der Waals surface area contributed by atoms with Gasteiger partial charge in [0.25, 0.3) is 10.0 Å². The Bertz CT molecular complexity index is 1350. The maximum absolute atomic E-state index is 14.3. The van der Waals surface area contributed by atoms with Crippen molar-refractivity contribution in [2.75, 3.05) is 17.2 Å². The minimum absolute atomic E-state index is 0. The summed E-state index contributed by atoms with van der Waals surface area (Å²) in [6, 6.07) is 11.2. The second-order valence-corrected chi connectivity index (χ2v) is 8.67. The van der Waals surface area contributed by atoms with E-state index in [2.05, 4.69) is 26.5 Å². The Balaban J connectivity index is 0.00000432. The van der Waals surface area contributed by atoms with Gasteiger partial charge in [0.2, 0.25) is 11.9 Å². The van der Waals surface area contributed by atoms with Gasteiger partial charge in [0.15, 0.2) is 11.6 Å². The van der Waals surface area contributed by atoms with Crippen LogP contribution in [0.15, 0.2) is 53.6 Å². The number of sulfonamides is 1. The van der Waals surface area contributed by atoms with Crippen molar-refractivity contribution in [2.45, 2.75) is 25.2 Å². The molecule has 1 aromatic heterocycles.